The molecular formula is C33H33N3O3S. The van der Waals surface area contributed by atoms with Gasteiger partial charge in [-0.05, 0) is 74.4 Å². The number of carbonyl (C=O) groups excluding carboxylic acids is 2. The Balaban J connectivity index is 1.45. The topological polar surface area (TPSA) is 69.7 Å². The van der Waals surface area contributed by atoms with Crippen LogP contribution in [0.15, 0.2) is 101 Å². The lowest BCUT2D eigenvalue weighted by molar-refractivity contribution is 0.0950. The Morgan fingerprint density at radius 3 is 2.42 bits per heavy atom. The fourth-order valence-corrected chi connectivity index (χ4v) is 6.36. The van der Waals surface area contributed by atoms with Gasteiger partial charge in [0.2, 0.25) is 0 Å². The number of likely N-dealkylation sites (N-methyl/N-ethyl adjacent to an activating group) is 1. The number of aryl methyl sites for hydroxylation is 2. The zero-order valence-electron chi connectivity index (χ0n) is 23.0. The smallest absolute Gasteiger partial charge is 0.259 e. The lowest BCUT2D eigenvalue weighted by atomic mass is 10.0. The second-order valence-electron chi connectivity index (χ2n) is 9.94. The number of hydrogen-bond donors (Lipinski definition) is 1. The monoisotopic (exact) mass is 551 g/mol. The molecule has 5 rings (SSSR count). The normalized spacial score (nSPS) is 14.2. The van der Waals surface area contributed by atoms with E-state index in [2.05, 4.69) is 35.3 Å². The summed E-state index contributed by atoms with van der Waals surface area (Å²) in [4.78, 5) is 32.0. The number of nitrogens with zero attached hydrogens (tertiary/aromatic N) is 2. The first-order valence-corrected chi connectivity index (χ1v) is 14.6. The molecule has 4 aromatic carbocycles. The third-order valence-corrected chi connectivity index (χ3v) is 8.78. The number of carbonyl (C=O) groups is 2. The molecule has 1 aliphatic rings. The molecule has 204 valence electrons. The first-order valence-electron chi connectivity index (χ1n) is 13.5. The van der Waals surface area contributed by atoms with E-state index in [0.717, 1.165) is 28.9 Å². The third kappa shape index (κ3) is 5.56. The van der Waals surface area contributed by atoms with Crippen molar-refractivity contribution in [3.63, 3.8) is 0 Å². The summed E-state index contributed by atoms with van der Waals surface area (Å²) < 4.78 is 13.7. The minimum Gasteiger partial charge on any atom is -0.370 e. The molecule has 0 bridgehead atoms. The Bertz CT molecular complexity index is 1590. The summed E-state index contributed by atoms with van der Waals surface area (Å²) in [6.07, 6.45) is 0. The van der Waals surface area contributed by atoms with Crippen LogP contribution in [0.1, 0.15) is 44.3 Å². The molecule has 40 heavy (non-hydrogen) atoms. The summed E-state index contributed by atoms with van der Waals surface area (Å²) in [5.41, 5.74) is 5.58. The van der Waals surface area contributed by atoms with Gasteiger partial charge in [-0.25, -0.2) is 4.21 Å². The molecule has 1 heterocycles. The van der Waals surface area contributed by atoms with E-state index in [9.17, 15) is 13.8 Å². The molecule has 4 aromatic rings. The van der Waals surface area contributed by atoms with Crippen molar-refractivity contribution in [2.24, 2.45) is 0 Å². The van der Waals surface area contributed by atoms with Gasteiger partial charge < -0.3 is 15.1 Å². The van der Waals surface area contributed by atoms with Gasteiger partial charge in [0.1, 0.15) is 0 Å². The number of nitrogens with one attached hydrogen (secondary N) is 1. The third-order valence-electron chi connectivity index (χ3n) is 7.28. The van der Waals surface area contributed by atoms with Gasteiger partial charge in [0.05, 0.1) is 38.4 Å². The van der Waals surface area contributed by atoms with Crippen LogP contribution in [0.3, 0.4) is 0 Å². The Hall–Kier alpha value is -4.23. The number of para-hydroxylation sites is 1. The second-order valence-corrected chi connectivity index (χ2v) is 11.4. The maximum Gasteiger partial charge on any atom is 0.259 e. The van der Waals surface area contributed by atoms with Crippen LogP contribution in [0.25, 0.3) is 0 Å². The molecule has 7 heteroatoms. The Labute approximate surface area is 238 Å². The predicted molar refractivity (Wildman–Crippen MR) is 161 cm³/mol. The average Bonchev–Trinajstić information content (AvgIpc) is 3.06. The van der Waals surface area contributed by atoms with Crippen molar-refractivity contribution in [2.75, 3.05) is 29.4 Å². The van der Waals surface area contributed by atoms with Gasteiger partial charge in [-0.3, -0.25) is 9.59 Å². The number of benzene rings is 4. The average molecular weight is 552 g/mol. The molecule has 6 nitrogen and oxygen atoms in total. The number of rotatable bonds is 8. The van der Waals surface area contributed by atoms with Gasteiger partial charge in [-0.15, -0.1) is 0 Å². The molecule has 0 spiro atoms. The van der Waals surface area contributed by atoms with Crippen molar-refractivity contribution < 1.29 is 13.8 Å². The molecule has 0 saturated carbocycles. The van der Waals surface area contributed by atoms with Gasteiger partial charge in [-0.1, -0.05) is 54.1 Å². The number of amides is 2. The molecule has 1 aliphatic heterocycles. The number of anilines is 2. The minimum atomic E-state index is -1.57. The number of fused-ring (bicyclic) bond motifs is 2. The number of hydrogen-bond acceptors (Lipinski definition) is 4. The van der Waals surface area contributed by atoms with E-state index >= 15 is 0 Å². The van der Waals surface area contributed by atoms with Gasteiger partial charge in [0, 0.05) is 30.9 Å². The van der Waals surface area contributed by atoms with E-state index in [1.807, 2.05) is 44.2 Å². The van der Waals surface area contributed by atoms with Gasteiger partial charge in [0.25, 0.3) is 11.8 Å². The second kappa shape index (κ2) is 11.9. The van der Waals surface area contributed by atoms with Crippen LogP contribution in [0.5, 0.6) is 0 Å². The van der Waals surface area contributed by atoms with E-state index in [-0.39, 0.29) is 11.8 Å². The van der Waals surface area contributed by atoms with Gasteiger partial charge in [0.15, 0.2) is 0 Å². The van der Waals surface area contributed by atoms with Crippen molar-refractivity contribution in [2.45, 2.75) is 37.1 Å². The molecular weight excluding hydrogens is 518 g/mol. The minimum absolute atomic E-state index is 0.234. The van der Waals surface area contributed by atoms with Crippen molar-refractivity contribution in [1.82, 2.24) is 5.32 Å². The summed E-state index contributed by atoms with van der Waals surface area (Å²) >= 11 is 0. The lowest BCUT2D eigenvalue weighted by Gasteiger charge is -2.25. The molecule has 0 fully saturated rings. The van der Waals surface area contributed by atoms with Gasteiger partial charge in [-0.2, -0.15) is 0 Å². The van der Waals surface area contributed by atoms with Crippen LogP contribution in [-0.2, 0) is 17.3 Å². The highest BCUT2D eigenvalue weighted by Gasteiger charge is 2.31. The molecule has 2 amide bonds. The summed E-state index contributed by atoms with van der Waals surface area (Å²) in [5.74, 6) is -0.471. The summed E-state index contributed by atoms with van der Waals surface area (Å²) in [6, 6.07) is 28.4. The maximum atomic E-state index is 13.9. The zero-order valence-corrected chi connectivity index (χ0v) is 23.8. The van der Waals surface area contributed by atoms with Crippen LogP contribution in [0.2, 0.25) is 0 Å². The van der Waals surface area contributed by atoms with Crippen molar-refractivity contribution in [3.8, 4) is 0 Å². The quantitative estimate of drug-likeness (QED) is 0.297. The van der Waals surface area contributed by atoms with E-state index in [1.54, 1.807) is 47.4 Å². The standard InChI is InChI=1S/C33H33N3O3S/c1-4-35(27-10-6-5-7-11-27)19-18-34-32(37)25-16-17-31-29(21-25)36(22-26-20-23(2)14-15-24(26)3)33(38)28-12-8-9-13-30(28)40(31)39/h5-17,20-21H,4,18-19,22H2,1-3H3,(H,34,37). The van der Waals surface area contributed by atoms with E-state index in [1.165, 1.54) is 0 Å². The van der Waals surface area contributed by atoms with Crippen LogP contribution < -0.4 is 15.1 Å². The fourth-order valence-electron chi connectivity index (χ4n) is 5.02. The van der Waals surface area contributed by atoms with Crippen LogP contribution in [0.4, 0.5) is 11.4 Å². The Morgan fingerprint density at radius 2 is 1.65 bits per heavy atom. The largest absolute Gasteiger partial charge is 0.370 e. The molecule has 0 saturated heterocycles. The molecule has 0 aliphatic carbocycles. The molecule has 1 unspecified atom stereocenters. The van der Waals surface area contributed by atoms with Crippen molar-refractivity contribution in [3.05, 3.63) is 119 Å². The first kappa shape index (κ1) is 27.3. The first-order chi connectivity index (χ1) is 19.4. The Kier molecular flexibility index (Phi) is 8.12. The van der Waals surface area contributed by atoms with Crippen LogP contribution in [-0.4, -0.2) is 35.7 Å². The highest BCUT2D eigenvalue weighted by atomic mass is 32.2. The van der Waals surface area contributed by atoms with E-state index in [0.29, 0.717) is 46.2 Å². The van der Waals surface area contributed by atoms with E-state index < -0.39 is 10.8 Å². The SMILES string of the molecule is CCN(CCNC(=O)c1ccc2c(c1)N(Cc1cc(C)ccc1C)C(=O)c1ccccc1S2=O)c1ccccc1. The van der Waals surface area contributed by atoms with Gasteiger partial charge >= 0.3 is 0 Å². The fraction of sp³-hybridized carbons (Fsp3) is 0.212. The summed E-state index contributed by atoms with van der Waals surface area (Å²) in [5, 5.41) is 3.02. The van der Waals surface area contributed by atoms with Crippen molar-refractivity contribution >= 4 is 34.0 Å². The lowest BCUT2D eigenvalue weighted by Crippen LogP contribution is -2.35. The molecule has 0 aromatic heterocycles. The molecule has 0 radical (unpaired) electrons. The zero-order chi connectivity index (χ0) is 28.2. The summed E-state index contributed by atoms with van der Waals surface area (Å²) in [7, 11) is -1.57. The molecule has 1 atom stereocenters. The highest BCUT2D eigenvalue weighted by Crippen LogP contribution is 2.36. The van der Waals surface area contributed by atoms with E-state index in [4.69, 9.17) is 0 Å². The van der Waals surface area contributed by atoms with Crippen LogP contribution >= 0.6 is 0 Å². The van der Waals surface area contributed by atoms with Crippen molar-refractivity contribution in [1.29, 1.82) is 0 Å². The Morgan fingerprint density at radius 1 is 0.900 bits per heavy atom. The highest BCUT2D eigenvalue weighted by molar-refractivity contribution is 7.85. The van der Waals surface area contributed by atoms with Crippen LogP contribution in [0, 0.1) is 13.8 Å². The molecule has 1 N–H and O–H groups in total. The predicted octanol–water partition coefficient (Wildman–Crippen LogP) is 5.89. The summed E-state index contributed by atoms with van der Waals surface area (Å²) in [6.45, 7) is 8.36. The maximum absolute atomic E-state index is 13.9.